The number of aliphatic hydroxyl groups excluding tert-OH is 1. The highest BCUT2D eigenvalue weighted by molar-refractivity contribution is 5.61. The Labute approximate surface area is 82.7 Å². The van der Waals surface area contributed by atoms with Crippen molar-refractivity contribution < 1.29 is 9.84 Å². The highest BCUT2D eigenvalue weighted by Crippen LogP contribution is 2.35. The topological polar surface area (TPSA) is 67.5 Å². The van der Waals surface area contributed by atoms with Crippen LogP contribution in [0.25, 0.3) is 0 Å². The second-order valence-corrected chi connectivity index (χ2v) is 3.40. The summed E-state index contributed by atoms with van der Waals surface area (Å²) in [6, 6.07) is 5.30. The van der Waals surface area contributed by atoms with Crippen LogP contribution in [0.4, 0.5) is 5.69 Å². The van der Waals surface area contributed by atoms with E-state index in [-0.39, 0.29) is 6.04 Å². The molecule has 0 radical (unpaired) electrons. The van der Waals surface area contributed by atoms with Gasteiger partial charge in [-0.3, -0.25) is 0 Å². The lowest BCUT2D eigenvalue weighted by Gasteiger charge is -2.29. The Morgan fingerprint density at radius 1 is 1.57 bits per heavy atom. The first-order valence-electron chi connectivity index (χ1n) is 4.58. The van der Waals surface area contributed by atoms with Gasteiger partial charge in [0.05, 0.1) is 19.3 Å². The molecule has 4 nitrogen and oxygen atoms in total. The molecule has 1 aromatic rings. The first-order valence-corrected chi connectivity index (χ1v) is 4.58. The number of hydrogen-bond acceptors (Lipinski definition) is 4. The summed E-state index contributed by atoms with van der Waals surface area (Å²) in [7, 11) is 1.60. The number of β-amino-alcohol motifs (C(OH)–C–C–N with tert-alkyl or cyclic N) is 1. The molecule has 1 heterocycles. The Bertz CT molecular complexity index is 327. The molecule has 2 unspecified atom stereocenters. The summed E-state index contributed by atoms with van der Waals surface area (Å²) in [5, 5.41) is 12.7. The number of aliphatic hydroxyl groups is 1. The standard InChI is InChI=1S/C10H14N2O2/c1-14-8-4-2-3-6-9(8)10(11)7(13)5-12-6/h2-4,7,10,12-13H,5,11H2,1H3. The maximum atomic E-state index is 9.60. The van der Waals surface area contributed by atoms with Crippen LogP contribution in [0.1, 0.15) is 11.6 Å². The van der Waals surface area contributed by atoms with Gasteiger partial charge in [0.25, 0.3) is 0 Å². The van der Waals surface area contributed by atoms with E-state index in [9.17, 15) is 5.11 Å². The van der Waals surface area contributed by atoms with Crippen LogP contribution in [0.2, 0.25) is 0 Å². The molecule has 2 atom stereocenters. The van der Waals surface area contributed by atoms with Gasteiger partial charge >= 0.3 is 0 Å². The molecule has 0 saturated heterocycles. The van der Waals surface area contributed by atoms with E-state index in [4.69, 9.17) is 10.5 Å². The number of anilines is 1. The minimum absolute atomic E-state index is 0.373. The van der Waals surface area contributed by atoms with E-state index in [1.165, 1.54) is 0 Å². The van der Waals surface area contributed by atoms with Gasteiger partial charge < -0.3 is 20.9 Å². The molecule has 0 saturated carbocycles. The minimum Gasteiger partial charge on any atom is -0.496 e. The zero-order valence-electron chi connectivity index (χ0n) is 8.03. The van der Waals surface area contributed by atoms with Crippen LogP contribution < -0.4 is 15.8 Å². The first kappa shape index (κ1) is 9.30. The third-order valence-corrected chi connectivity index (χ3v) is 2.54. The van der Waals surface area contributed by atoms with Gasteiger partial charge in [0, 0.05) is 17.8 Å². The predicted octanol–water partition coefficient (Wildman–Crippen LogP) is 0.481. The number of benzene rings is 1. The molecule has 0 fully saturated rings. The molecule has 0 aliphatic carbocycles. The van der Waals surface area contributed by atoms with Crippen molar-refractivity contribution in [2.45, 2.75) is 12.1 Å². The summed E-state index contributed by atoms with van der Waals surface area (Å²) < 4.78 is 5.20. The SMILES string of the molecule is COc1cccc2c1C(N)C(O)CN2. The zero-order valence-corrected chi connectivity index (χ0v) is 8.03. The van der Waals surface area contributed by atoms with Crippen molar-refractivity contribution in [1.29, 1.82) is 0 Å². The molecule has 0 amide bonds. The largest absolute Gasteiger partial charge is 0.496 e. The Hall–Kier alpha value is -1.26. The lowest BCUT2D eigenvalue weighted by molar-refractivity contribution is 0.152. The normalized spacial score (nSPS) is 25.1. The highest BCUT2D eigenvalue weighted by Gasteiger charge is 2.27. The molecule has 0 bridgehead atoms. The van der Waals surface area contributed by atoms with Crippen LogP contribution >= 0.6 is 0 Å². The van der Waals surface area contributed by atoms with Crippen LogP contribution in [0.3, 0.4) is 0 Å². The summed E-state index contributed by atoms with van der Waals surface area (Å²) in [5.74, 6) is 0.723. The fraction of sp³-hybridized carbons (Fsp3) is 0.400. The van der Waals surface area contributed by atoms with Gasteiger partial charge in [0.1, 0.15) is 5.75 Å². The maximum Gasteiger partial charge on any atom is 0.125 e. The van der Waals surface area contributed by atoms with Crippen molar-refractivity contribution >= 4 is 5.69 Å². The second-order valence-electron chi connectivity index (χ2n) is 3.40. The molecule has 1 aliphatic rings. The minimum atomic E-state index is -0.557. The number of ether oxygens (including phenoxy) is 1. The molecule has 14 heavy (non-hydrogen) atoms. The molecule has 0 spiro atoms. The second kappa shape index (κ2) is 3.48. The average Bonchev–Trinajstić information content (AvgIpc) is 2.23. The quantitative estimate of drug-likeness (QED) is 0.608. The molecule has 76 valence electrons. The fourth-order valence-electron chi connectivity index (χ4n) is 1.75. The number of nitrogens with one attached hydrogen (secondary N) is 1. The molecular formula is C10H14N2O2. The summed E-state index contributed by atoms with van der Waals surface area (Å²) in [6.07, 6.45) is -0.557. The highest BCUT2D eigenvalue weighted by atomic mass is 16.5. The average molecular weight is 194 g/mol. The van der Waals surface area contributed by atoms with E-state index in [0.29, 0.717) is 6.54 Å². The van der Waals surface area contributed by atoms with Gasteiger partial charge in [0.2, 0.25) is 0 Å². The van der Waals surface area contributed by atoms with Crippen LogP contribution in [-0.4, -0.2) is 24.9 Å². The molecule has 1 aliphatic heterocycles. The lowest BCUT2D eigenvalue weighted by atomic mass is 9.95. The predicted molar refractivity (Wildman–Crippen MR) is 54.4 cm³/mol. The summed E-state index contributed by atoms with van der Waals surface area (Å²) in [4.78, 5) is 0. The summed E-state index contributed by atoms with van der Waals surface area (Å²) >= 11 is 0. The zero-order chi connectivity index (χ0) is 10.1. The number of methoxy groups -OCH3 is 1. The summed E-state index contributed by atoms with van der Waals surface area (Å²) in [5.41, 5.74) is 7.70. The Balaban J connectivity index is 2.49. The molecule has 1 aromatic carbocycles. The molecule has 0 aromatic heterocycles. The Morgan fingerprint density at radius 2 is 2.36 bits per heavy atom. The van der Waals surface area contributed by atoms with Gasteiger partial charge in [-0.25, -0.2) is 0 Å². The van der Waals surface area contributed by atoms with E-state index in [0.717, 1.165) is 17.0 Å². The van der Waals surface area contributed by atoms with E-state index >= 15 is 0 Å². The van der Waals surface area contributed by atoms with E-state index in [1.54, 1.807) is 7.11 Å². The van der Waals surface area contributed by atoms with Gasteiger partial charge in [-0.05, 0) is 12.1 Å². The van der Waals surface area contributed by atoms with Crippen molar-refractivity contribution in [3.05, 3.63) is 23.8 Å². The molecular weight excluding hydrogens is 180 g/mol. The number of nitrogens with two attached hydrogens (primary N) is 1. The van der Waals surface area contributed by atoms with Crippen molar-refractivity contribution in [2.24, 2.45) is 5.73 Å². The number of rotatable bonds is 1. The summed E-state index contributed by atoms with van der Waals surface area (Å²) in [6.45, 7) is 0.487. The number of fused-ring (bicyclic) bond motifs is 1. The van der Waals surface area contributed by atoms with Crippen molar-refractivity contribution in [1.82, 2.24) is 0 Å². The van der Waals surface area contributed by atoms with Gasteiger partial charge in [-0.2, -0.15) is 0 Å². The van der Waals surface area contributed by atoms with Gasteiger partial charge in [-0.1, -0.05) is 6.07 Å². The molecule has 2 rings (SSSR count). The maximum absolute atomic E-state index is 9.60. The van der Waals surface area contributed by atoms with Crippen molar-refractivity contribution in [2.75, 3.05) is 19.0 Å². The Kier molecular flexibility index (Phi) is 2.31. The monoisotopic (exact) mass is 194 g/mol. The van der Waals surface area contributed by atoms with Crippen LogP contribution in [0.5, 0.6) is 5.75 Å². The first-order chi connectivity index (χ1) is 6.74. The van der Waals surface area contributed by atoms with Crippen LogP contribution in [0, 0.1) is 0 Å². The van der Waals surface area contributed by atoms with Gasteiger partial charge in [0.15, 0.2) is 0 Å². The van der Waals surface area contributed by atoms with Gasteiger partial charge in [-0.15, -0.1) is 0 Å². The van der Waals surface area contributed by atoms with Crippen molar-refractivity contribution in [3.8, 4) is 5.75 Å². The third-order valence-electron chi connectivity index (χ3n) is 2.54. The molecule has 4 heteroatoms. The van der Waals surface area contributed by atoms with E-state index in [1.807, 2.05) is 18.2 Å². The molecule has 4 N–H and O–H groups in total. The van der Waals surface area contributed by atoms with Crippen molar-refractivity contribution in [3.63, 3.8) is 0 Å². The van der Waals surface area contributed by atoms with E-state index < -0.39 is 6.10 Å². The number of hydrogen-bond donors (Lipinski definition) is 3. The lowest BCUT2D eigenvalue weighted by Crippen LogP contribution is -2.37. The Morgan fingerprint density at radius 3 is 3.07 bits per heavy atom. The fourth-order valence-corrected chi connectivity index (χ4v) is 1.75. The van der Waals surface area contributed by atoms with Crippen LogP contribution in [-0.2, 0) is 0 Å². The third kappa shape index (κ3) is 1.32. The smallest absolute Gasteiger partial charge is 0.125 e. The van der Waals surface area contributed by atoms with E-state index in [2.05, 4.69) is 5.32 Å². The van der Waals surface area contributed by atoms with Crippen LogP contribution in [0.15, 0.2) is 18.2 Å².